The second-order valence-electron chi connectivity index (χ2n) is 4.46. The van der Waals surface area contributed by atoms with E-state index in [0.29, 0.717) is 5.50 Å². The third-order valence-corrected chi connectivity index (χ3v) is 3.98. The summed E-state index contributed by atoms with van der Waals surface area (Å²) in [5, 5.41) is 0. The van der Waals surface area contributed by atoms with E-state index in [-0.39, 0.29) is 0 Å². The lowest BCUT2D eigenvalue weighted by atomic mass is 9.93. The van der Waals surface area contributed by atoms with Crippen molar-refractivity contribution in [3.63, 3.8) is 0 Å². The molecule has 1 saturated heterocycles. The van der Waals surface area contributed by atoms with Gasteiger partial charge in [0.25, 0.3) is 0 Å². The summed E-state index contributed by atoms with van der Waals surface area (Å²) in [5.74, 6) is 0. The van der Waals surface area contributed by atoms with Gasteiger partial charge in [-0.15, -0.1) is 11.6 Å². The first-order valence-electron chi connectivity index (χ1n) is 5.78. The second-order valence-corrected chi connectivity index (χ2v) is 4.96. The molecule has 1 saturated carbocycles. The van der Waals surface area contributed by atoms with E-state index in [1.54, 1.807) is 0 Å². The average molecular weight is 202 g/mol. The van der Waals surface area contributed by atoms with Gasteiger partial charge in [0.1, 0.15) is 0 Å². The first-order chi connectivity index (χ1) is 6.38. The Bertz CT molecular complexity index is 154. The Kier molecular flexibility index (Phi) is 3.51. The Morgan fingerprint density at radius 1 is 0.846 bits per heavy atom. The highest BCUT2D eigenvalue weighted by Crippen LogP contribution is 2.29. The molecule has 1 nitrogen and oxygen atoms in total. The molecule has 1 heterocycles. The molecule has 0 spiro atoms. The fourth-order valence-corrected chi connectivity index (χ4v) is 3.15. The topological polar surface area (TPSA) is 3.24 Å². The van der Waals surface area contributed by atoms with Crippen molar-refractivity contribution in [3.05, 3.63) is 0 Å². The van der Waals surface area contributed by atoms with Crippen LogP contribution in [-0.4, -0.2) is 23.0 Å². The SMILES string of the molecule is ClC1CCCCN1C1CCCCC1. The van der Waals surface area contributed by atoms with Crippen molar-refractivity contribution in [2.75, 3.05) is 6.54 Å². The van der Waals surface area contributed by atoms with Gasteiger partial charge in [0.05, 0.1) is 5.50 Å². The largest absolute Gasteiger partial charge is 0.284 e. The summed E-state index contributed by atoms with van der Waals surface area (Å²) in [6.45, 7) is 1.25. The van der Waals surface area contributed by atoms with Crippen molar-refractivity contribution >= 4 is 11.6 Å². The van der Waals surface area contributed by atoms with E-state index < -0.39 is 0 Å². The highest BCUT2D eigenvalue weighted by atomic mass is 35.5. The van der Waals surface area contributed by atoms with Gasteiger partial charge in [-0.2, -0.15) is 0 Å². The minimum absolute atomic E-state index is 0.344. The number of likely N-dealkylation sites (tertiary alicyclic amines) is 1. The zero-order chi connectivity index (χ0) is 9.10. The summed E-state index contributed by atoms with van der Waals surface area (Å²) in [4.78, 5) is 2.56. The Hall–Kier alpha value is 0.250. The third-order valence-electron chi connectivity index (χ3n) is 3.51. The Morgan fingerprint density at radius 3 is 2.23 bits per heavy atom. The summed E-state index contributed by atoms with van der Waals surface area (Å²) in [6.07, 6.45) is 11.0. The Balaban J connectivity index is 1.88. The van der Waals surface area contributed by atoms with Gasteiger partial charge in [-0.25, -0.2) is 0 Å². The predicted molar refractivity (Wildman–Crippen MR) is 57.1 cm³/mol. The highest BCUT2D eigenvalue weighted by Gasteiger charge is 2.27. The van der Waals surface area contributed by atoms with Crippen LogP contribution in [0.15, 0.2) is 0 Å². The lowest BCUT2D eigenvalue weighted by molar-refractivity contribution is 0.111. The van der Waals surface area contributed by atoms with E-state index in [1.807, 2.05) is 0 Å². The van der Waals surface area contributed by atoms with Crippen LogP contribution in [0.25, 0.3) is 0 Å². The molecule has 2 heteroatoms. The molecule has 0 N–H and O–H groups in total. The molecule has 1 aliphatic heterocycles. The lowest BCUT2D eigenvalue weighted by Crippen LogP contribution is -2.44. The fraction of sp³-hybridized carbons (Fsp3) is 1.00. The van der Waals surface area contributed by atoms with E-state index in [4.69, 9.17) is 11.6 Å². The van der Waals surface area contributed by atoms with Crippen LogP contribution < -0.4 is 0 Å². The van der Waals surface area contributed by atoms with Gasteiger partial charge in [0.2, 0.25) is 0 Å². The van der Waals surface area contributed by atoms with Crippen LogP contribution >= 0.6 is 11.6 Å². The zero-order valence-electron chi connectivity index (χ0n) is 8.34. The summed E-state index contributed by atoms with van der Waals surface area (Å²) < 4.78 is 0. The van der Waals surface area contributed by atoms with E-state index in [1.165, 1.54) is 57.9 Å². The monoisotopic (exact) mass is 201 g/mol. The van der Waals surface area contributed by atoms with Crippen LogP contribution in [0.5, 0.6) is 0 Å². The third kappa shape index (κ3) is 2.38. The quantitative estimate of drug-likeness (QED) is 0.465. The zero-order valence-corrected chi connectivity index (χ0v) is 9.10. The second kappa shape index (κ2) is 4.65. The smallest absolute Gasteiger partial charge is 0.0852 e. The maximum atomic E-state index is 6.34. The summed E-state index contributed by atoms with van der Waals surface area (Å²) >= 11 is 6.34. The van der Waals surface area contributed by atoms with Gasteiger partial charge in [-0.05, 0) is 38.6 Å². The molecule has 1 unspecified atom stereocenters. The van der Waals surface area contributed by atoms with Crippen LogP contribution in [-0.2, 0) is 0 Å². The Labute approximate surface area is 86.4 Å². The Morgan fingerprint density at radius 2 is 1.54 bits per heavy atom. The molecule has 0 radical (unpaired) electrons. The van der Waals surface area contributed by atoms with Gasteiger partial charge >= 0.3 is 0 Å². The number of hydrogen-bond acceptors (Lipinski definition) is 1. The van der Waals surface area contributed by atoms with E-state index in [9.17, 15) is 0 Å². The maximum absolute atomic E-state index is 6.34. The van der Waals surface area contributed by atoms with Gasteiger partial charge in [0, 0.05) is 6.04 Å². The number of hydrogen-bond donors (Lipinski definition) is 0. The molecular weight excluding hydrogens is 182 g/mol. The number of alkyl halides is 1. The molecule has 76 valence electrons. The van der Waals surface area contributed by atoms with Crippen molar-refractivity contribution in [3.8, 4) is 0 Å². The molecule has 2 rings (SSSR count). The number of nitrogens with zero attached hydrogens (tertiary/aromatic N) is 1. The normalized spacial score (nSPS) is 33.5. The lowest BCUT2D eigenvalue weighted by Gasteiger charge is -2.40. The molecular formula is C11H20ClN. The van der Waals surface area contributed by atoms with E-state index in [0.717, 1.165) is 6.04 Å². The van der Waals surface area contributed by atoms with Crippen molar-refractivity contribution in [1.29, 1.82) is 0 Å². The minimum Gasteiger partial charge on any atom is -0.284 e. The van der Waals surface area contributed by atoms with E-state index in [2.05, 4.69) is 4.90 Å². The number of rotatable bonds is 1. The number of piperidine rings is 1. The van der Waals surface area contributed by atoms with Gasteiger partial charge in [0.15, 0.2) is 0 Å². The molecule has 0 aromatic heterocycles. The molecule has 2 fully saturated rings. The standard InChI is InChI=1S/C11H20ClN/c12-11-8-4-5-9-13(11)10-6-2-1-3-7-10/h10-11H,1-9H2. The molecule has 1 aliphatic carbocycles. The molecule has 0 aromatic carbocycles. The van der Waals surface area contributed by atoms with Gasteiger partial charge < -0.3 is 0 Å². The fourth-order valence-electron chi connectivity index (χ4n) is 2.74. The van der Waals surface area contributed by atoms with Gasteiger partial charge in [-0.3, -0.25) is 4.90 Å². The first-order valence-corrected chi connectivity index (χ1v) is 6.21. The molecule has 0 amide bonds. The van der Waals surface area contributed by atoms with Crippen LogP contribution in [0.3, 0.4) is 0 Å². The summed E-state index contributed by atoms with van der Waals surface area (Å²) in [5.41, 5.74) is 0.344. The molecule has 0 aromatic rings. The molecule has 1 atom stereocenters. The number of halogens is 1. The maximum Gasteiger partial charge on any atom is 0.0852 e. The molecule has 13 heavy (non-hydrogen) atoms. The highest BCUT2D eigenvalue weighted by molar-refractivity contribution is 6.20. The molecule has 0 bridgehead atoms. The van der Waals surface area contributed by atoms with Crippen molar-refractivity contribution in [1.82, 2.24) is 4.90 Å². The van der Waals surface area contributed by atoms with Gasteiger partial charge in [-0.1, -0.05) is 19.3 Å². The minimum atomic E-state index is 0.344. The first kappa shape index (κ1) is 9.79. The van der Waals surface area contributed by atoms with Crippen LogP contribution in [0.4, 0.5) is 0 Å². The average Bonchev–Trinajstić information content (AvgIpc) is 2.20. The van der Waals surface area contributed by atoms with E-state index >= 15 is 0 Å². The van der Waals surface area contributed by atoms with Crippen molar-refractivity contribution in [2.24, 2.45) is 0 Å². The van der Waals surface area contributed by atoms with Crippen LogP contribution in [0.1, 0.15) is 51.4 Å². The predicted octanol–water partition coefficient (Wildman–Crippen LogP) is 3.37. The summed E-state index contributed by atoms with van der Waals surface area (Å²) in [6, 6.07) is 0.816. The summed E-state index contributed by atoms with van der Waals surface area (Å²) in [7, 11) is 0. The van der Waals surface area contributed by atoms with Crippen LogP contribution in [0, 0.1) is 0 Å². The van der Waals surface area contributed by atoms with Crippen LogP contribution in [0.2, 0.25) is 0 Å². The van der Waals surface area contributed by atoms with Crippen molar-refractivity contribution < 1.29 is 0 Å². The molecule has 2 aliphatic rings. The van der Waals surface area contributed by atoms with Crippen molar-refractivity contribution in [2.45, 2.75) is 62.9 Å².